The molecule has 1 aliphatic carbocycles. The number of benzene rings is 1. The molecule has 0 aromatic heterocycles. The monoisotopic (exact) mass is 323 g/mol. The van der Waals surface area contributed by atoms with Crippen LogP contribution in [0.5, 0.6) is 0 Å². The van der Waals surface area contributed by atoms with E-state index in [9.17, 15) is 4.79 Å². The summed E-state index contributed by atoms with van der Waals surface area (Å²) in [7, 11) is 2.13. The minimum absolute atomic E-state index is 0.632. The zero-order chi connectivity index (χ0) is 13.8. The number of carboxylic acid groups (broad SMARTS) is 1. The summed E-state index contributed by atoms with van der Waals surface area (Å²) >= 11 is 3.50. The van der Waals surface area contributed by atoms with E-state index in [1.807, 2.05) is 12.1 Å². The van der Waals surface area contributed by atoms with Crippen molar-refractivity contribution in [1.82, 2.24) is 0 Å². The standard InChI is InChI=1S/C15H18BrNO2/c1-17(12-4-2-3-5-12)13-8-6-11(14(16)10-13)7-9-15(18)19/h6-10,12H,2-5H2,1H3,(H,18,19)/b9-7+. The maximum Gasteiger partial charge on any atom is 0.328 e. The van der Waals surface area contributed by atoms with Crippen LogP contribution in [0.25, 0.3) is 6.08 Å². The summed E-state index contributed by atoms with van der Waals surface area (Å²) in [5.41, 5.74) is 2.05. The number of nitrogens with zero attached hydrogens (tertiary/aromatic N) is 1. The molecule has 0 atom stereocenters. The lowest BCUT2D eigenvalue weighted by Gasteiger charge is -2.27. The van der Waals surface area contributed by atoms with Gasteiger partial charge in [-0.05, 0) is 36.6 Å². The van der Waals surface area contributed by atoms with Gasteiger partial charge in [-0.3, -0.25) is 0 Å². The molecule has 102 valence electrons. The second kappa shape index (κ2) is 6.24. The van der Waals surface area contributed by atoms with Gasteiger partial charge in [0.25, 0.3) is 0 Å². The van der Waals surface area contributed by atoms with E-state index in [0.717, 1.165) is 16.1 Å². The normalized spacial score (nSPS) is 16.1. The number of rotatable bonds is 4. The van der Waals surface area contributed by atoms with Gasteiger partial charge in [0.2, 0.25) is 0 Å². The van der Waals surface area contributed by atoms with Gasteiger partial charge in [-0.1, -0.05) is 34.8 Å². The molecule has 0 aliphatic heterocycles. The second-order valence-electron chi connectivity index (χ2n) is 4.93. The number of aliphatic carboxylic acids is 1. The van der Waals surface area contributed by atoms with E-state index in [0.29, 0.717) is 6.04 Å². The Hall–Kier alpha value is -1.29. The van der Waals surface area contributed by atoms with Crippen LogP contribution in [0, 0.1) is 0 Å². The van der Waals surface area contributed by atoms with Crippen LogP contribution in [0.15, 0.2) is 28.7 Å². The van der Waals surface area contributed by atoms with Crippen molar-refractivity contribution < 1.29 is 9.90 Å². The highest BCUT2D eigenvalue weighted by Crippen LogP contribution is 2.30. The molecule has 1 aromatic carbocycles. The number of anilines is 1. The van der Waals surface area contributed by atoms with Crippen molar-refractivity contribution in [3.8, 4) is 0 Å². The summed E-state index contributed by atoms with van der Waals surface area (Å²) < 4.78 is 0.923. The van der Waals surface area contributed by atoms with Crippen molar-refractivity contribution in [2.24, 2.45) is 0 Å². The molecule has 4 heteroatoms. The molecule has 0 unspecified atom stereocenters. The molecule has 1 N–H and O–H groups in total. The van der Waals surface area contributed by atoms with Gasteiger partial charge in [-0.2, -0.15) is 0 Å². The summed E-state index contributed by atoms with van der Waals surface area (Å²) in [4.78, 5) is 12.8. The average Bonchev–Trinajstić information content (AvgIpc) is 2.90. The lowest BCUT2D eigenvalue weighted by atomic mass is 10.1. The number of carbonyl (C=O) groups is 1. The lowest BCUT2D eigenvalue weighted by molar-refractivity contribution is -0.131. The van der Waals surface area contributed by atoms with Gasteiger partial charge in [0.05, 0.1) is 0 Å². The lowest BCUT2D eigenvalue weighted by Crippen LogP contribution is -2.28. The fraction of sp³-hybridized carbons (Fsp3) is 0.400. The molecule has 2 rings (SSSR count). The van der Waals surface area contributed by atoms with Crippen LogP contribution in [0.2, 0.25) is 0 Å². The highest BCUT2D eigenvalue weighted by atomic mass is 79.9. The van der Waals surface area contributed by atoms with Crippen molar-refractivity contribution in [2.75, 3.05) is 11.9 Å². The third-order valence-corrected chi connectivity index (χ3v) is 4.36. The molecule has 3 nitrogen and oxygen atoms in total. The predicted molar refractivity (Wildman–Crippen MR) is 81.5 cm³/mol. The molecular weight excluding hydrogens is 306 g/mol. The molecule has 1 aliphatic rings. The summed E-state index contributed by atoms with van der Waals surface area (Å²) in [5.74, 6) is -0.931. The second-order valence-corrected chi connectivity index (χ2v) is 5.78. The summed E-state index contributed by atoms with van der Waals surface area (Å²) in [6.45, 7) is 0. The van der Waals surface area contributed by atoms with Crippen molar-refractivity contribution in [1.29, 1.82) is 0 Å². The topological polar surface area (TPSA) is 40.5 Å². The molecular formula is C15H18BrNO2. The Morgan fingerprint density at radius 1 is 1.42 bits per heavy atom. The first-order valence-corrected chi connectivity index (χ1v) is 7.30. The zero-order valence-corrected chi connectivity index (χ0v) is 12.6. The molecule has 0 amide bonds. The van der Waals surface area contributed by atoms with Crippen LogP contribution in [-0.4, -0.2) is 24.2 Å². The first kappa shape index (κ1) is 14.1. The van der Waals surface area contributed by atoms with Gasteiger partial charge in [-0.15, -0.1) is 0 Å². The summed E-state index contributed by atoms with van der Waals surface area (Å²) in [6.07, 6.45) is 7.90. The largest absolute Gasteiger partial charge is 0.478 e. The van der Waals surface area contributed by atoms with E-state index < -0.39 is 5.97 Å². The fourth-order valence-corrected chi connectivity index (χ4v) is 3.03. The Balaban J connectivity index is 2.15. The first-order chi connectivity index (χ1) is 9.08. The molecule has 0 spiro atoms. The SMILES string of the molecule is CN(c1ccc(/C=C/C(=O)O)c(Br)c1)C1CCCC1. The van der Waals surface area contributed by atoms with Crippen LogP contribution in [0.4, 0.5) is 5.69 Å². The third kappa shape index (κ3) is 3.60. The zero-order valence-electron chi connectivity index (χ0n) is 11.0. The summed E-state index contributed by atoms with van der Waals surface area (Å²) in [5, 5.41) is 8.64. The van der Waals surface area contributed by atoms with Crippen LogP contribution in [0.1, 0.15) is 31.2 Å². The van der Waals surface area contributed by atoms with E-state index in [4.69, 9.17) is 5.11 Å². The molecule has 0 heterocycles. The van der Waals surface area contributed by atoms with E-state index in [-0.39, 0.29) is 0 Å². The molecule has 1 fully saturated rings. The Morgan fingerprint density at radius 2 is 2.11 bits per heavy atom. The van der Waals surface area contributed by atoms with E-state index in [1.54, 1.807) is 6.08 Å². The molecule has 1 aromatic rings. The van der Waals surface area contributed by atoms with Crippen LogP contribution in [-0.2, 0) is 4.79 Å². The maximum absolute atomic E-state index is 10.5. The molecule has 0 saturated heterocycles. The molecule has 1 saturated carbocycles. The van der Waals surface area contributed by atoms with Crippen LogP contribution >= 0.6 is 15.9 Å². The Kier molecular flexibility index (Phi) is 4.64. The predicted octanol–water partition coefficient (Wildman–Crippen LogP) is 3.93. The van der Waals surface area contributed by atoms with Crippen molar-refractivity contribution in [2.45, 2.75) is 31.7 Å². The maximum atomic E-state index is 10.5. The highest BCUT2D eigenvalue weighted by Gasteiger charge is 2.20. The van der Waals surface area contributed by atoms with E-state index >= 15 is 0 Å². The van der Waals surface area contributed by atoms with Crippen LogP contribution < -0.4 is 4.90 Å². The summed E-state index contributed by atoms with van der Waals surface area (Å²) in [6, 6.07) is 6.68. The van der Waals surface area contributed by atoms with Gasteiger partial charge >= 0.3 is 5.97 Å². The first-order valence-electron chi connectivity index (χ1n) is 6.51. The third-order valence-electron chi connectivity index (χ3n) is 3.67. The van der Waals surface area contributed by atoms with Gasteiger partial charge in [0.15, 0.2) is 0 Å². The Labute approximate surface area is 122 Å². The van der Waals surface area contributed by atoms with Crippen molar-refractivity contribution in [3.63, 3.8) is 0 Å². The van der Waals surface area contributed by atoms with Crippen LogP contribution in [0.3, 0.4) is 0 Å². The Bertz CT molecular complexity index is 493. The number of hydrogen-bond donors (Lipinski definition) is 1. The van der Waals surface area contributed by atoms with E-state index in [2.05, 4.69) is 33.9 Å². The number of hydrogen-bond acceptors (Lipinski definition) is 2. The van der Waals surface area contributed by atoms with Gasteiger partial charge in [0.1, 0.15) is 0 Å². The quantitative estimate of drug-likeness (QED) is 0.853. The van der Waals surface area contributed by atoms with Gasteiger partial charge < -0.3 is 10.0 Å². The highest BCUT2D eigenvalue weighted by molar-refractivity contribution is 9.10. The molecule has 0 radical (unpaired) electrons. The minimum atomic E-state index is -0.931. The van der Waals surface area contributed by atoms with E-state index in [1.165, 1.54) is 31.4 Å². The van der Waals surface area contributed by atoms with Crippen molar-refractivity contribution >= 4 is 33.7 Å². The fourth-order valence-electron chi connectivity index (χ4n) is 2.53. The molecule has 0 bridgehead atoms. The van der Waals surface area contributed by atoms with Gasteiger partial charge in [0, 0.05) is 29.3 Å². The number of halogens is 1. The smallest absolute Gasteiger partial charge is 0.328 e. The van der Waals surface area contributed by atoms with Gasteiger partial charge in [-0.25, -0.2) is 4.79 Å². The average molecular weight is 324 g/mol. The van der Waals surface area contributed by atoms with Crippen molar-refractivity contribution in [3.05, 3.63) is 34.3 Å². The number of carboxylic acids is 1. The molecule has 19 heavy (non-hydrogen) atoms. The minimum Gasteiger partial charge on any atom is -0.478 e. The Morgan fingerprint density at radius 3 is 2.68 bits per heavy atom.